The number of carbonyl (C=O) groups excluding carboxylic acids is 2. The van der Waals surface area contributed by atoms with E-state index in [1.807, 2.05) is 0 Å². The summed E-state index contributed by atoms with van der Waals surface area (Å²) in [5, 5.41) is 5.41. The third-order valence-corrected chi connectivity index (χ3v) is 3.76. The lowest BCUT2D eigenvalue weighted by molar-refractivity contribution is -0.130. The Morgan fingerprint density at radius 2 is 2.11 bits per heavy atom. The molecule has 1 rings (SSSR count). The lowest BCUT2D eigenvalue weighted by Crippen LogP contribution is -2.48. The number of amides is 2. The second kappa shape index (κ2) is 7.45. The topological polar surface area (TPSA) is 93.5 Å². The number of carbonyl (C=O) groups is 2. The maximum Gasteiger partial charge on any atom is 0.242 e. The molecule has 1 unspecified atom stereocenters. The van der Waals surface area contributed by atoms with Crippen LogP contribution in [0.15, 0.2) is 0 Å². The molecule has 0 bridgehead atoms. The van der Waals surface area contributed by atoms with Gasteiger partial charge in [-0.3, -0.25) is 9.59 Å². The van der Waals surface area contributed by atoms with Crippen LogP contribution in [0.2, 0.25) is 0 Å². The van der Waals surface area contributed by atoms with Crippen molar-refractivity contribution in [3.63, 3.8) is 0 Å². The minimum absolute atomic E-state index is 0.0314. The molecule has 110 valence electrons. The molecule has 2 amide bonds. The number of methoxy groups -OCH3 is 1. The molecular weight excluding hydrogens is 246 g/mol. The van der Waals surface area contributed by atoms with Crippen LogP contribution in [-0.2, 0) is 14.3 Å². The van der Waals surface area contributed by atoms with E-state index in [0.29, 0.717) is 26.1 Å². The Bertz CT molecular complexity index is 311. The van der Waals surface area contributed by atoms with E-state index in [1.54, 1.807) is 14.0 Å². The Labute approximate surface area is 114 Å². The van der Waals surface area contributed by atoms with Crippen LogP contribution in [-0.4, -0.2) is 44.7 Å². The minimum atomic E-state index is -0.528. The molecule has 1 atom stereocenters. The van der Waals surface area contributed by atoms with Gasteiger partial charge in [0.05, 0.1) is 6.61 Å². The molecule has 6 nitrogen and oxygen atoms in total. The number of nitrogens with two attached hydrogens (primary N) is 1. The zero-order valence-corrected chi connectivity index (χ0v) is 11.8. The lowest BCUT2D eigenvalue weighted by atomic mass is 9.66. The maximum atomic E-state index is 11.9. The highest BCUT2D eigenvalue weighted by molar-refractivity contribution is 5.87. The molecule has 0 aliphatic heterocycles. The van der Waals surface area contributed by atoms with E-state index in [-0.39, 0.29) is 17.2 Å². The molecule has 1 fully saturated rings. The van der Waals surface area contributed by atoms with Crippen LogP contribution in [0, 0.1) is 5.41 Å². The summed E-state index contributed by atoms with van der Waals surface area (Å²) >= 11 is 0. The summed E-state index contributed by atoms with van der Waals surface area (Å²) in [7, 11) is 1.57. The summed E-state index contributed by atoms with van der Waals surface area (Å²) in [5.41, 5.74) is 5.68. The first-order chi connectivity index (χ1) is 9.03. The van der Waals surface area contributed by atoms with E-state index in [1.165, 1.54) is 0 Å². The second-order valence-corrected chi connectivity index (χ2v) is 5.31. The molecule has 0 spiro atoms. The molecule has 4 N–H and O–H groups in total. The third kappa shape index (κ3) is 4.80. The van der Waals surface area contributed by atoms with Crippen LogP contribution in [0.4, 0.5) is 0 Å². The Hall–Kier alpha value is -1.14. The summed E-state index contributed by atoms with van der Waals surface area (Å²) in [6.45, 7) is 3.12. The Kier molecular flexibility index (Phi) is 6.24. The molecule has 0 aromatic heterocycles. The van der Waals surface area contributed by atoms with Gasteiger partial charge in [0.25, 0.3) is 0 Å². The predicted octanol–water partition coefficient (Wildman–Crippen LogP) is -0.227. The molecule has 19 heavy (non-hydrogen) atoms. The Morgan fingerprint density at radius 3 is 2.58 bits per heavy atom. The van der Waals surface area contributed by atoms with Gasteiger partial charge in [-0.1, -0.05) is 6.42 Å². The number of ether oxygens (including phenoxy) is 1. The lowest BCUT2D eigenvalue weighted by Gasteiger charge is -2.40. The van der Waals surface area contributed by atoms with E-state index in [2.05, 4.69) is 10.6 Å². The van der Waals surface area contributed by atoms with Gasteiger partial charge in [-0.15, -0.1) is 0 Å². The molecule has 0 heterocycles. The van der Waals surface area contributed by atoms with Gasteiger partial charge in [-0.2, -0.15) is 0 Å². The van der Waals surface area contributed by atoms with Crippen LogP contribution < -0.4 is 16.4 Å². The third-order valence-electron chi connectivity index (χ3n) is 3.76. The molecule has 0 aromatic rings. The van der Waals surface area contributed by atoms with Gasteiger partial charge in [0.1, 0.15) is 6.04 Å². The van der Waals surface area contributed by atoms with Crippen molar-refractivity contribution in [3.8, 4) is 0 Å². The van der Waals surface area contributed by atoms with Crippen molar-refractivity contribution in [2.24, 2.45) is 11.1 Å². The van der Waals surface area contributed by atoms with Crippen molar-refractivity contribution in [1.82, 2.24) is 10.6 Å². The molecule has 6 heteroatoms. The summed E-state index contributed by atoms with van der Waals surface area (Å²) in [6, 6.07) is -0.528. The average Bonchev–Trinajstić information content (AvgIpc) is 2.34. The van der Waals surface area contributed by atoms with E-state index >= 15 is 0 Å². The summed E-state index contributed by atoms with van der Waals surface area (Å²) in [5.74, 6) is -0.291. The summed E-state index contributed by atoms with van der Waals surface area (Å²) < 4.78 is 4.84. The van der Waals surface area contributed by atoms with E-state index in [0.717, 1.165) is 19.3 Å². The van der Waals surface area contributed by atoms with Crippen LogP contribution in [0.25, 0.3) is 0 Å². The van der Waals surface area contributed by atoms with Gasteiger partial charge in [0, 0.05) is 20.1 Å². The van der Waals surface area contributed by atoms with E-state index in [4.69, 9.17) is 10.5 Å². The fourth-order valence-electron chi connectivity index (χ4n) is 2.26. The highest BCUT2D eigenvalue weighted by atomic mass is 16.5. The summed E-state index contributed by atoms with van der Waals surface area (Å²) in [6.07, 6.45) is 3.56. The molecule has 1 saturated carbocycles. The predicted molar refractivity (Wildman–Crippen MR) is 72.4 cm³/mol. The first-order valence-electron chi connectivity index (χ1n) is 6.79. The number of hydrogen-bond donors (Lipinski definition) is 3. The summed E-state index contributed by atoms with van der Waals surface area (Å²) in [4.78, 5) is 23.5. The highest BCUT2D eigenvalue weighted by Gasteiger charge is 2.37. The van der Waals surface area contributed by atoms with Crippen LogP contribution in [0.3, 0.4) is 0 Å². The molecule has 0 aromatic carbocycles. The maximum absolute atomic E-state index is 11.9. The van der Waals surface area contributed by atoms with Crippen LogP contribution in [0.1, 0.15) is 32.6 Å². The number of nitrogens with one attached hydrogen (secondary N) is 2. The number of rotatable bonds is 8. The first-order valence-corrected chi connectivity index (χ1v) is 6.79. The van der Waals surface area contributed by atoms with Gasteiger partial charge in [0.2, 0.25) is 11.8 Å². The van der Waals surface area contributed by atoms with Crippen molar-refractivity contribution >= 4 is 11.8 Å². The monoisotopic (exact) mass is 271 g/mol. The normalized spacial score (nSPS) is 18.3. The van der Waals surface area contributed by atoms with Gasteiger partial charge in [-0.05, 0) is 31.7 Å². The zero-order chi connectivity index (χ0) is 14.3. The van der Waals surface area contributed by atoms with Crippen molar-refractivity contribution in [2.45, 2.75) is 38.6 Å². The second-order valence-electron chi connectivity index (χ2n) is 5.31. The van der Waals surface area contributed by atoms with E-state index in [9.17, 15) is 9.59 Å². The average molecular weight is 271 g/mol. The zero-order valence-electron chi connectivity index (χ0n) is 11.8. The van der Waals surface area contributed by atoms with Crippen LogP contribution >= 0.6 is 0 Å². The SMILES string of the molecule is COCCNC(=O)C(C)NC(=O)CC1(CN)CCC1. The molecule has 0 saturated heterocycles. The fraction of sp³-hybridized carbons (Fsp3) is 0.846. The molecule has 1 aliphatic carbocycles. The van der Waals surface area contributed by atoms with Gasteiger partial charge >= 0.3 is 0 Å². The van der Waals surface area contributed by atoms with Gasteiger partial charge < -0.3 is 21.1 Å². The smallest absolute Gasteiger partial charge is 0.242 e. The van der Waals surface area contributed by atoms with Gasteiger partial charge in [-0.25, -0.2) is 0 Å². The van der Waals surface area contributed by atoms with Crippen molar-refractivity contribution in [3.05, 3.63) is 0 Å². The highest BCUT2D eigenvalue weighted by Crippen LogP contribution is 2.42. The molecule has 0 radical (unpaired) electrons. The Balaban J connectivity index is 2.29. The molecule has 1 aliphatic rings. The first kappa shape index (κ1) is 15.9. The Morgan fingerprint density at radius 1 is 1.42 bits per heavy atom. The minimum Gasteiger partial charge on any atom is -0.383 e. The van der Waals surface area contributed by atoms with Crippen molar-refractivity contribution in [2.75, 3.05) is 26.8 Å². The van der Waals surface area contributed by atoms with Gasteiger partial charge in [0.15, 0.2) is 0 Å². The number of hydrogen-bond acceptors (Lipinski definition) is 4. The largest absolute Gasteiger partial charge is 0.383 e. The standard InChI is InChI=1S/C13H25N3O3/c1-10(12(18)15-6-7-19-2)16-11(17)8-13(9-14)4-3-5-13/h10H,3-9,14H2,1-2H3,(H,15,18)(H,16,17). The quantitative estimate of drug-likeness (QED) is 0.532. The van der Waals surface area contributed by atoms with Crippen LogP contribution in [0.5, 0.6) is 0 Å². The van der Waals surface area contributed by atoms with Crippen molar-refractivity contribution < 1.29 is 14.3 Å². The fourth-order valence-corrected chi connectivity index (χ4v) is 2.26. The van der Waals surface area contributed by atoms with E-state index < -0.39 is 6.04 Å². The molecular formula is C13H25N3O3. The van der Waals surface area contributed by atoms with Crippen molar-refractivity contribution in [1.29, 1.82) is 0 Å².